The number of nitrogens with zero attached hydrogens (tertiary/aromatic N) is 3. The van der Waals surface area contributed by atoms with E-state index in [2.05, 4.69) is 15.7 Å². The second kappa shape index (κ2) is 15.3. The van der Waals surface area contributed by atoms with Crippen molar-refractivity contribution in [1.82, 2.24) is 25.3 Å². The number of alkyl halides is 3. The number of aliphatic hydroxyl groups excluding tert-OH is 1. The highest BCUT2D eigenvalue weighted by Crippen LogP contribution is 2.29. The highest BCUT2D eigenvalue weighted by atomic mass is 19.4. The summed E-state index contributed by atoms with van der Waals surface area (Å²) in [4.78, 5) is 28.8. The lowest BCUT2D eigenvalue weighted by Crippen LogP contribution is -2.48. The monoisotopic (exact) mass is 615 g/mol. The summed E-state index contributed by atoms with van der Waals surface area (Å²) < 4.78 is 46.1. The number of carbonyl (C=O) groups excluding carboxylic acids is 2. The lowest BCUT2D eigenvalue weighted by atomic mass is 10.0. The molecular formula is C32H40F3N5O4. The number of halogens is 3. The minimum absolute atomic E-state index is 0.0109. The molecule has 2 heterocycles. The number of likely N-dealkylation sites (tertiary alicyclic amines) is 1. The van der Waals surface area contributed by atoms with E-state index in [4.69, 9.17) is 4.74 Å². The SMILES string of the molecule is CCn1nc(C(=O)N[C@@H](Cc2ccccc2)[C@H](O)CNCc2cccc(C(F)(F)F)c2)cc1C(=O)N1CCCCC1COC. The molecule has 0 bridgehead atoms. The molecule has 1 aliphatic rings. The van der Waals surface area contributed by atoms with Crippen LogP contribution in [0.1, 0.15) is 63.9 Å². The Hall–Kier alpha value is -3.74. The molecule has 3 N–H and O–H groups in total. The molecule has 1 aliphatic heterocycles. The van der Waals surface area contributed by atoms with E-state index in [9.17, 15) is 27.9 Å². The number of methoxy groups -OCH3 is 1. The molecule has 1 fully saturated rings. The molecule has 44 heavy (non-hydrogen) atoms. The van der Waals surface area contributed by atoms with Gasteiger partial charge in [-0.15, -0.1) is 0 Å². The summed E-state index contributed by atoms with van der Waals surface area (Å²) >= 11 is 0. The third kappa shape index (κ3) is 8.67. The molecule has 1 unspecified atom stereocenters. The first-order valence-electron chi connectivity index (χ1n) is 14.9. The highest BCUT2D eigenvalue weighted by Gasteiger charge is 2.32. The molecule has 12 heteroatoms. The fraction of sp³-hybridized carbons (Fsp3) is 0.469. The van der Waals surface area contributed by atoms with E-state index >= 15 is 0 Å². The van der Waals surface area contributed by atoms with Crippen LogP contribution in [0.4, 0.5) is 13.2 Å². The summed E-state index contributed by atoms with van der Waals surface area (Å²) in [5, 5.41) is 21.4. The molecule has 0 saturated carbocycles. The summed E-state index contributed by atoms with van der Waals surface area (Å²) in [6.07, 6.45) is -2.49. The van der Waals surface area contributed by atoms with Gasteiger partial charge in [-0.25, -0.2) is 0 Å². The van der Waals surface area contributed by atoms with Crippen molar-refractivity contribution in [1.29, 1.82) is 0 Å². The minimum atomic E-state index is -4.45. The Balaban J connectivity index is 1.47. The number of carbonyl (C=O) groups is 2. The molecule has 3 aromatic rings. The van der Waals surface area contributed by atoms with Crippen LogP contribution in [0.25, 0.3) is 0 Å². The topological polar surface area (TPSA) is 109 Å². The van der Waals surface area contributed by atoms with Crippen LogP contribution < -0.4 is 10.6 Å². The van der Waals surface area contributed by atoms with Gasteiger partial charge < -0.3 is 25.4 Å². The molecule has 0 aliphatic carbocycles. The lowest BCUT2D eigenvalue weighted by Gasteiger charge is -2.35. The summed E-state index contributed by atoms with van der Waals surface area (Å²) in [5.41, 5.74) is 0.907. The van der Waals surface area contributed by atoms with E-state index in [-0.39, 0.29) is 30.7 Å². The van der Waals surface area contributed by atoms with Crippen LogP contribution in [0.15, 0.2) is 60.7 Å². The van der Waals surface area contributed by atoms with E-state index in [1.165, 1.54) is 16.8 Å². The molecular weight excluding hydrogens is 575 g/mol. The first kappa shape index (κ1) is 33.2. The Bertz CT molecular complexity index is 1380. The summed E-state index contributed by atoms with van der Waals surface area (Å²) in [7, 11) is 1.61. The number of rotatable bonds is 13. The van der Waals surface area contributed by atoms with E-state index in [1.807, 2.05) is 37.3 Å². The normalized spacial score (nSPS) is 16.9. The number of hydrogen-bond acceptors (Lipinski definition) is 6. The maximum atomic E-state index is 13.6. The number of aromatic nitrogens is 2. The maximum Gasteiger partial charge on any atom is 0.416 e. The molecule has 4 rings (SSSR count). The number of aryl methyl sites for hydroxylation is 1. The number of hydrogen-bond donors (Lipinski definition) is 3. The van der Waals surface area contributed by atoms with Gasteiger partial charge in [-0.1, -0.05) is 48.5 Å². The van der Waals surface area contributed by atoms with Gasteiger partial charge in [-0.3, -0.25) is 14.3 Å². The van der Waals surface area contributed by atoms with Crippen molar-refractivity contribution in [3.63, 3.8) is 0 Å². The van der Waals surface area contributed by atoms with Crippen molar-refractivity contribution in [3.8, 4) is 0 Å². The minimum Gasteiger partial charge on any atom is -0.390 e. The van der Waals surface area contributed by atoms with Gasteiger partial charge in [0.1, 0.15) is 5.69 Å². The lowest BCUT2D eigenvalue weighted by molar-refractivity contribution is -0.137. The Labute approximate surface area is 255 Å². The molecule has 0 spiro atoms. The second-order valence-corrected chi connectivity index (χ2v) is 11.0. The zero-order valence-corrected chi connectivity index (χ0v) is 25.0. The van der Waals surface area contributed by atoms with Crippen molar-refractivity contribution >= 4 is 11.8 Å². The van der Waals surface area contributed by atoms with Gasteiger partial charge >= 0.3 is 6.18 Å². The fourth-order valence-corrected chi connectivity index (χ4v) is 5.48. The van der Waals surface area contributed by atoms with Crippen molar-refractivity contribution in [3.05, 3.63) is 88.7 Å². The van der Waals surface area contributed by atoms with E-state index in [0.29, 0.717) is 37.4 Å². The molecule has 238 valence electrons. The molecule has 2 amide bonds. The number of benzene rings is 2. The van der Waals surface area contributed by atoms with E-state index in [0.717, 1.165) is 37.0 Å². The second-order valence-electron chi connectivity index (χ2n) is 11.0. The smallest absolute Gasteiger partial charge is 0.390 e. The summed E-state index contributed by atoms with van der Waals surface area (Å²) in [5.74, 6) is -0.754. The largest absolute Gasteiger partial charge is 0.416 e. The van der Waals surface area contributed by atoms with Gasteiger partial charge in [-0.2, -0.15) is 18.3 Å². The van der Waals surface area contributed by atoms with E-state index < -0.39 is 29.8 Å². The van der Waals surface area contributed by atoms with Crippen molar-refractivity contribution in [2.45, 2.75) is 70.1 Å². The molecule has 9 nitrogen and oxygen atoms in total. The van der Waals surface area contributed by atoms with Gasteiger partial charge in [0, 0.05) is 39.4 Å². The van der Waals surface area contributed by atoms with Crippen molar-refractivity contribution in [2.75, 3.05) is 26.8 Å². The third-order valence-electron chi connectivity index (χ3n) is 7.79. The average Bonchev–Trinajstić information content (AvgIpc) is 3.46. The van der Waals surface area contributed by atoms with Crippen LogP contribution in [-0.2, 0) is 30.4 Å². The molecule has 2 aromatic carbocycles. The van der Waals surface area contributed by atoms with Gasteiger partial charge in [-0.05, 0) is 49.8 Å². The molecule has 1 aromatic heterocycles. The van der Waals surface area contributed by atoms with Crippen molar-refractivity contribution < 1.29 is 32.6 Å². The Morgan fingerprint density at radius 2 is 1.84 bits per heavy atom. The fourth-order valence-electron chi connectivity index (χ4n) is 5.48. The van der Waals surface area contributed by atoms with Crippen LogP contribution >= 0.6 is 0 Å². The Kier molecular flexibility index (Phi) is 11.5. The molecule has 1 saturated heterocycles. The van der Waals surface area contributed by atoms with Crippen molar-refractivity contribution in [2.24, 2.45) is 0 Å². The summed E-state index contributed by atoms with van der Waals surface area (Å²) in [6.45, 7) is 3.36. The number of ether oxygens (including phenoxy) is 1. The number of piperidine rings is 1. The predicted molar refractivity (Wildman–Crippen MR) is 159 cm³/mol. The van der Waals surface area contributed by atoms with Crippen LogP contribution in [0.3, 0.4) is 0 Å². The van der Waals surface area contributed by atoms with Crippen LogP contribution in [0, 0.1) is 0 Å². The zero-order valence-electron chi connectivity index (χ0n) is 25.0. The standard InChI is InChI=1S/C32H40F3N5O4/c1-3-40-28(31(43)39-15-8-7-14-25(39)21-44-2)18-27(38-40)30(42)37-26(17-22-10-5-4-6-11-22)29(41)20-36-19-23-12-9-13-24(16-23)32(33,34)35/h4-6,9-13,16,18,25-26,29,36,41H,3,7-8,14-15,17,19-21H2,1-2H3,(H,37,42)/t25?,26-,29+/m0/s1. The van der Waals surface area contributed by atoms with E-state index in [1.54, 1.807) is 18.1 Å². The first-order chi connectivity index (χ1) is 21.1. The highest BCUT2D eigenvalue weighted by molar-refractivity contribution is 5.98. The van der Waals surface area contributed by atoms with Crippen LogP contribution in [-0.4, -0.2) is 76.6 Å². The quantitative estimate of drug-likeness (QED) is 0.268. The third-order valence-corrected chi connectivity index (χ3v) is 7.79. The van der Waals surface area contributed by atoms with Gasteiger partial charge in [0.2, 0.25) is 0 Å². The first-order valence-corrected chi connectivity index (χ1v) is 14.9. The number of nitrogens with one attached hydrogen (secondary N) is 2. The Morgan fingerprint density at radius 1 is 1.09 bits per heavy atom. The Morgan fingerprint density at radius 3 is 2.55 bits per heavy atom. The summed E-state index contributed by atoms with van der Waals surface area (Å²) in [6, 6.07) is 15.0. The number of aliphatic hydroxyl groups is 1. The zero-order chi connectivity index (χ0) is 31.7. The van der Waals surface area contributed by atoms with Crippen LogP contribution in [0.5, 0.6) is 0 Å². The number of amides is 2. The van der Waals surface area contributed by atoms with Gasteiger partial charge in [0.25, 0.3) is 11.8 Å². The molecule has 0 radical (unpaired) electrons. The maximum absolute atomic E-state index is 13.6. The van der Waals surface area contributed by atoms with Gasteiger partial charge in [0.05, 0.1) is 30.4 Å². The molecule has 3 atom stereocenters. The van der Waals surface area contributed by atoms with Crippen LogP contribution in [0.2, 0.25) is 0 Å². The average molecular weight is 616 g/mol. The predicted octanol–water partition coefficient (Wildman–Crippen LogP) is 4.05. The van der Waals surface area contributed by atoms with Gasteiger partial charge in [0.15, 0.2) is 5.69 Å².